The van der Waals surface area contributed by atoms with Gasteiger partial charge in [-0.15, -0.1) is 0 Å². The van der Waals surface area contributed by atoms with Crippen molar-refractivity contribution in [1.29, 1.82) is 0 Å². The topological polar surface area (TPSA) is 119 Å². The predicted molar refractivity (Wildman–Crippen MR) is 104 cm³/mol. The molecule has 0 aromatic carbocycles. The van der Waals surface area contributed by atoms with E-state index in [4.69, 9.17) is 5.73 Å². The van der Waals surface area contributed by atoms with Crippen molar-refractivity contribution in [3.63, 3.8) is 0 Å². The highest BCUT2D eigenvalue weighted by molar-refractivity contribution is 5.97. The Balaban J connectivity index is 1.98. The lowest BCUT2D eigenvalue weighted by atomic mass is 9.74. The number of rotatable bonds is 6. The Morgan fingerprint density at radius 1 is 1.19 bits per heavy atom. The summed E-state index contributed by atoms with van der Waals surface area (Å²) < 4.78 is 2.52. The van der Waals surface area contributed by atoms with Crippen LogP contribution in [0.4, 0.5) is 11.5 Å². The molecule has 8 heteroatoms. The number of nitrogens with one attached hydrogen (secondary N) is 1. The van der Waals surface area contributed by atoms with Crippen molar-refractivity contribution in [2.75, 3.05) is 11.1 Å². The van der Waals surface area contributed by atoms with E-state index < -0.39 is 16.7 Å². The molecule has 27 heavy (non-hydrogen) atoms. The Bertz CT molecular complexity index is 843. The summed E-state index contributed by atoms with van der Waals surface area (Å²) in [5, 5.41) is 12.8. The highest BCUT2D eigenvalue weighted by Gasteiger charge is 2.50. The maximum Gasteiger partial charge on any atom is 0.332 e. The van der Waals surface area contributed by atoms with Crippen molar-refractivity contribution in [3.05, 3.63) is 20.8 Å². The number of anilines is 2. The van der Waals surface area contributed by atoms with Crippen LogP contribution in [0.2, 0.25) is 0 Å². The molecule has 2 fully saturated rings. The van der Waals surface area contributed by atoms with Crippen LogP contribution < -0.4 is 22.3 Å². The molecule has 2 saturated carbocycles. The van der Waals surface area contributed by atoms with Crippen molar-refractivity contribution < 1.29 is 9.90 Å². The summed E-state index contributed by atoms with van der Waals surface area (Å²) in [5.74, 6) is -0.0487. The molecule has 2 aliphatic rings. The van der Waals surface area contributed by atoms with Crippen LogP contribution in [0.5, 0.6) is 0 Å². The van der Waals surface area contributed by atoms with E-state index in [-0.39, 0.29) is 36.0 Å². The predicted octanol–water partition coefficient (Wildman–Crippen LogP) is 1.29. The average Bonchev–Trinajstić information content (AvgIpc) is 3.03. The molecule has 1 amide bonds. The number of fused-ring (bicyclic) bond motifs is 2. The number of carbonyl (C=O) groups is 1. The van der Waals surface area contributed by atoms with Gasteiger partial charge in [-0.2, -0.15) is 0 Å². The normalized spacial score (nSPS) is 26.9. The summed E-state index contributed by atoms with van der Waals surface area (Å²) in [7, 11) is 0. The standard InChI is InChI=1S/C19H30N4O4/c1-3-9-22-15(20)14(16(25)23(10-4-2)18(22)27)21-17(26)19-7-5-12(11-19)13(24)6-8-19/h12-13,24H,3-11,20H2,1-2H3,(H,21,26). The molecule has 3 atom stereocenters. The maximum atomic E-state index is 13.1. The molecule has 150 valence electrons. The molecular formula is C19H30N4O4. The zero-order valence-electron chi connectivity index (χ0n) is 16.2. The number of hydrogen-bond acceptors (Lipinski definition) is 5. The van der Waals surface area contributed by atoms with Gasteiger partial charge in [-0.05, 0) is 50.9 Å². The average molecular weight is 378 g/mol. The van der Waals surface area contributed by atoms with Gasteiger partial charge in [0, 0.05) is 13.1 Å². The Labute approximate surface area is 158 Å². The molecule has 0 spiro atoms. The third-order valence-electron chi connectivity index (χ3n) is 6.19. The third-order valence-corrected chi connectivity index (χ3v) is 6.19. The monoisotopic (exact) mass is 378 g/mol. The van der Waals surface area contributed by atoms with E-state index in [1.807, 2.05) is 13.8 Å². The first-order valence-electron chi connectivity index (χ1n) is 9.97. The van der Waals surface area contributed by atoms with Crippen molar-refractivity contribution in [1.82, 2.24) is 9.13 Å². The van der Waals surface area contributed by atoms with Crippen LogP contribution >= 0.6 is 0 Å². The third kappa shape index (κ3) is 3.31. The summed E-state index contributed by atoms with van der Waals surface area (Å²) in [5.41, 5.74) is 4.61. The molecular weight excluding hydrogens is 348 g/mol. The molecule has 2 aliphatic carbocycles. The van der Waals surface area contributed by atoms with Gasteiger partial charge in [0.2, 0.25) is 5.91 Å². The number of aliphatic hydroxyl groups is 1. The largest absolute Gasteiger partial charge is 0.393 e. The second kappa shape index (κ2) is 7.50. The highest BCUT2D eigenvalue weighted by atomic mass is 16.3. The number of aromatic nitrogens is 2. The zero-order chi connectivity index (χ0) is 19.8. The van der Waals surface area contributed by atoms with E-state index in [1.54, 1.807) is 0 Å². The van der Waals surface area contributed by atoms with E-state index in [9.17, 15) is 19.5 Å². The number of amides is 1. The summed E-state index contributed by atoms with van der Waals surface area (Å²) in [6.45, 7) is 4.47. The summed E-state index contributed by atoms with van der Waals surface area (Å²) in [4.78, 5) is 38.5. The number of nitrogens with two attached hydrogens (primary N) is 1. The minimum Gasteiger partial charge on any atom is -0.393 e. The molecule has 3 rings (SSSR count). The van der Waals surface area contributed by atoms with Gasteiger partial charge in [0.25, 0.3) is 5.56 Å². The van der Waals surface area contributed by atoms with Crippen molar-refractivity contribution in [2.45, 2.75) is 78.0 Å². The van der Waals surface area contributed by atoms with Crippen molar-refractivity contribution >= 4 is 17.4 Å². The van der Waals surface area contributed by atoms with E-state index >= 15 is 0 Å². The summed E-state index contributed by atoms with van der Waals surface area (Å²) >= 11 is 0. The first-order chi connectivity index (χ1) is 12.8. The molecule has 1 heterocycles. The Kier molecular flexibility index (Phi) is 5.46. The second-order valence-corrected chi connectivity index (χ2v) is 7.99. The van der Waals surface area contributed by atoms with Crippen molar-refractivity contribution in [2.24, 2.45) is 11.3 Å². The van der Waals surface area contributed by atoms with Gasteiger partial charge in [0.15, 0.2) is 0 Å². The molecule has 2 bridgehead atoms. The minimum absolute atomic E-state index is 0.00504. The number of aliphatic hydroxyl groups excluding tert-OH is 1. The number of nitrogens with zero attached hydrogens (tertiary/aromatic N) is 2. The van der Waals surface area contributed by atoms with Crippen LogP contribution in [-0.2, 0) is 17.9 Å². The van der Waals surface area contributed by atoms with Crippen LogP contribution in [0.1, 0.15) is 58.8 Å². The fraction of sp³-hybridized carbons (Fsp3) is 0.737. The molecule has 0 radical (unpaired) electrons. The van der Waals surface area contributed by atoms with E-state index in [2.05, 4.69) is 5.32 Å². The SMILES string of the molecule is CCCn1c(N)c(NC(=O)C23CCC(O)C(CC2)C3)c(=O)n(CCC)c1=O. The highest BCUT2D eigenvalue weighted by Crippen LogP contribution is 2.52. The van der Waals surface area contributed by atoms with Gasteiger partial charge < -0.3 is 16.2 Å². The van der Waals surface area contributed by atoms with Gasteiger partial charge in [-0.1, -0.05) is 13.8 Å². The molecule has 3 unspecified atom stereocenters. The van der Waals surface area contributed by atoms with Gasteiger partial charge in [-0.3, -0.25) is 18.7 Å². The fourth-order valence-electron chi connectivity index (χ4n) is 4.64. The smallest absolute Gasteiger partial charge is 0.332 e. The first-order valence-corrected chi connectivity index (χ1v) is 9.97. The van der Waals surface area contributed by atoms with Gasteiger partial charge >= 0.3 is 5.69 Å². The van der Waals surface area contributed by atoms with Gasteiger partial charge in [0.1, 0.15) is 11.5 Å². The van der Waals surface area contributed by atoms with E-state index in [0.717, 1.165) is 11.0 Å². The quantitative estimate of drug-likeness (QED) is 0.689. The Morgan fingerprint density at radius 2 is 1.81 bits per heavy atom. The molecule has 0 saturated heterocycles. The van der Waals surface area contributed by atoms with Crippen LogP contribution in [-0.4, -0.2) is 26.3 Å². The van der Waals surface area contributed by atoms with Gasteiger partial charge in [0.05, 0.1) is 11.5 Å². The lowest BCUT2D eigenvalue weighted by Crippen LogP contribution is -2.45. The molecule has 1 aromatic heterocycles. The molecule has 0 aliphatic heterocycles. The summed E-state index contributed by atoms with van der Waals surface area (Å²) in [6.07, 6.45) is 4.34. The second-order valence-electron chi connectivity index (χ2n) is 7.99. The maximum absolute atomic E-state index is 13.1. The number of nitrogen functional groups attached to an aromatic ring is 1. The minimum atomic E-state index is -0.552. The van der Waals surface area contributed by atoms with Crippen LogP contribution in [0.25, 0.3) is 0 Å². The number of hydrogen-bond donors (Lipinski definition) is 3. The fourth-order valence-corrected chi connectivity index (χ4v) is 4.64. The van der Waals surface area contributed by atoms with Crippen LogP contribution in [0.15, 0.2) is 9.59 Å². The zero-order valence-corrected chi connectivity index (χ0v) is 16.2. The summed E-state index contributed by atoms with van der Waals surface area (Å²) in [6, 6.07) is 0. The number of carbonyl (C=O) groups excluding carboxylic acids is 1. The lowest BCUT2D eigenvalue weighted by Gasteiger charge is -2.34. The Hall–Kier alpha value is -2.09. The van der Waals surface area contributed by atoms with Crippen molar-refractivity contribution in [3.8, 4) is 0 Å². The lowest BCUT2D eigenvalue weighted by molar-refractivity contribution is -0.127. The van der Waals surface area contributed by atoms with Gasteiger partial charge in [-0.25, -0.2) is 4.79 Å². The molecule has 8 nitrogen and oxygen atoms in total. The van der Waals surface area contributed by atoms with Crippen LogP contribution in [0.3, 0.4) is 0 Å². The molecule has 1 aromatic rings. The van der Waals surface area contributed by atoms with E-state index in [1.165, 1.54) is 4.57 Å². The molecule has 4 N–H and O–H groups in total. The first kappa shape index (κ1) is 19.7. The Morgan fingerprint density at radius 3 is 2.48 bits per heavy atom. The van der Waals surface area contributed by atoms with Crippen LogP contribution in [0, 0.1) is 11.3 Å². The van der Waals surface area contributed by atoms with E-state index in [0.29, 0.717) is 45.1 Å².